The van der Waals surface area contributed by atoms with Gasteiger partial charge < -0.3 is 4.74 Å². The fraction of sp³-hybridized carbons (Fsp3) is 0.875. The predicted octanol–water partition coefficient (Wildman–Crippen LogP) is 1.25. The lowest BCUT2D eigenvalue weighted by Crippen LogP contribution is -2.19. The van der Waals surface area contributed by atoms with Crippen LogP contribution in [0.2, 0.25) is 0 Å². The van der Waals surface area contributed by atoms with Gasteiger partial charge in [-0.1, -0.05) is 13.8 Å². The minimum atomic E-state index is 0.109. The average molecular weight is 142 g/mol. The topological polar surface area (TPSA) is 26.3 Å². The summed E-state index contributed by atoms with van der Waals surface area (Å²) in [6.45, 7) is 5.28. The molecule has 1 saturated heterocycles. The minimum absolute atomic E-state index is 0.109. The first-order valence-corrected chi connectivity index (χ1v) is 3.83. The highest BCUT2D eigenvalue weighted by atomic mass is 16.5. The van der Waals surface area contributed by atoms with E-state index in [1.807, 2.05) is 13.8 Å². The zero-order valence-electron chi connectivity index (χ0n) is 6.59. The molecule has 0 N–H and O–H groups in total. The Hall–Kier alpha value is -0.370. The molecule has 1 rings (SSSR count). The molecular weight excluding hydrogens is 128 g/mol. The lowest BCUT2D eigenvalue weighted by atomic mass is 9.95. The second-order valence-electron chi connectivity index (χ2n) is 3.07. The SMILES string of the molecule is CC1CCOCC(C)C1=O. The summed E-state index contributed by atoms with van der Waals surface area (Å²) in [5.74, 6) is 0.674. The Morgan fingerprint density at radius 1 is 1.40 bits per heavy atom. The van der Waals surface area contributed by atoms with E-state index in [0.29, 0.717) is 12.4 Å². The van der Waals surface area contributed by atoms with Crippen LogP contribution in [-0.2, 0) is 9.53 Å². The van der Waals surface area contributed by atoms with Gasteiger partial charge in [0.1, 0.15) is 5.78 Å². The minimum Gasteiger partial charge on any atom is -0.381 e. The van der Waals surface area contributed by atoms with Crippen molar-refractivity contribution in [2.75, 3.05) is 13.2 Å². The molecule has 2 unspecified atom stereocenters. The summed E-state index contributed by atoms with van der Waals surface area (Å²) in [6.07, 6.45) is 0.892. The van der Waals surface area contributed by atoms with Gasteiger partial charge in [-0.3, -0.25) is 4.79 Å². The van der Waals surface area contributed by atoms with E-state index >= 15 is 0 Å². The van der Waals surface area contributed by atoms with Crippen LogP contribution in [0.25, 0.3) is 0 Å². The first-order chi connectivity index (χ1) is 4.72. The van der Waals surface area contributed by atoms with Crippen molar-refractivity contribution >= 4 is 5.78 Å². The number of carbonyl (C=O) groups is 1. The molecule has 1 heterocycles. The maximum absolute atomic E-state index is 11.3. The molecule has 0 spiro atoms. The fourth-order valence-corrected chi connectivity index (χ4v) is 1.23. The van der Waals surface area contributed by atoms with Gasteiger partial charge in [0.05, 0.1) is 6.61 Å². The summed E-state index contributed by atoms with van der Waals surface area (Å²) in [7, 11) is 0. The first-order valence-electron chi connectivity index (χ1n) is 3.83. The van der Waals surface area contributed by atoms with Gasteiger partial charge in [0, 0.05) is 18.4 Å². The van der Waals surface area contributed by atoms with E-state index in [0.717, 1.165) is 13.0 Å². The molecule has 1 aliphatic rings. The summed E-state index contributed by atoms with van der Waals surface area (Å²) < 4.78 is 5.23. The van der Waals surface area contributed by atoms with Crippen molar-refractivity contribution in [1.29, 1.82) is 0 Å². The van der Waals surface area contributed by atoms with E-state index in [-0.39, 0.29) is 11.8 Å². The standard InChI is InChI=1S/C8H14O2/c1-6-3-4-10-5-7(2)8(6)9/h6-7H,3-5H2,1-2H3. The fourth-order valence-electron chi connectivity index (χ4n) is 1.23. The van der Waals surface area contributed by atoms with Crippen LogP contribution >= 0.6 is 0 Å². The van der Waals surface area contributed by atoms with Crippen LogP contribution in [0, 0.1) is 11.8 Å². The predicted molar refractivity (Wildman–Crippen MR) is 38.8 cm³/mol. The zero-order valence-corrected chi connectivity index (χ0v) is 6.59. The highest BCUT2D eigenvalue weighted by Gasteiger charge is 2.22. The molecule has 0 aromatic heterocycles. The van der Waals surface area contributed by atoms with Crippen LogP contribution in [0.1, 0.15) is 20.3 Å². The summed E-state index contributed by atoms with van der Waals surface area (Å²) in [4.78, 5) is 11.3. The van der Waals surface area contributed by atoms with Gasteiger partial charge in [-0.25, -0.2) is 0 Å². The Kier molecular flexibility index (Phi) is 2.44. The van der Waals surface area contributed by atoms with E-state index in [2.05, 4.69) is 0 Å². The van der Waals surface area contributed by atoms with Gasteiger partial charge in [-0.05, 0) is 6.42 Å². The maximum atomic E-state index is 11.3. The largest absolute Gasteiger partial charge is 0.381 e. The quantitative estimate of drug-likeness (QED) is 0.508. The van der Waals surface area contributed by atoms with Crippen molar-refractivity contribution in [3.05, 3.63) is 0 Å². The molecular formula is C8H14O2. The monoisotopic (exact) mass is 142 g/mol. The van der Waals surface area contributed by atoms with E-state index in [1.54, 1.807) is 0 Å². The molecule has 0 amide bonds. The normalized spacial score (nSPS) is 35.6. The second kappa shape index (κ2) is 3.15. The van der Waals surface area contributed by atoms with Crippen molar-refractivity contribution < 1.29 is 9.53 Å². The van der Waals surface area contributed by atoms with Crippen LogP contribution in [-0.4, -0.2) is 19.0 Å². The molecule has 0 bridgehead atoms. The number of rotatable bonds is 0. The molecule has 10 heavy (non-hydrogen) atoms. The summed E-state index contributed by atoms with van der Waals surface area (Å²) in [6, 6.07) is 0. The van der Waals surface area contributed by atoms with Gasteiger partial charge in [0.2, 0.25) is 0 Å². The molecule has 0 aliphatic carbocycles. The second-order valence-corrected chi connectivity index (χ2v) is 3.07. The van der Waals surface area contributed by atoms with E-state index in [9.17, 15) is 4.79 Å². The smallest absolute Gasteiger partial charge is 0.140 e. The van der Waals surface area contributed by atoms with Gasteiger partial charge in [0.15, 0.2) is 0 Å². The number of hydrogen-bond donors (Lipinski definition) is 0. The molecule has 0 aromatic rings. The third-order valence-electron chi connectivity index (χ3n) is 2.03. The molecule has 58 valence electrons. The highest BCUT2D eigenvalue weighted by molar-refractivity contribution is 5.83. The third-order valence-corrected chi connectivity index (χ3v) is 2.03. The van der Waals surface area contributed by atoms with Crippen LogP contribution in [0.3, 0.4) is 0 Å². The molecule has 1 aliphatic heterocycles. The number of ether oxygens (including phenoxy) is 1. The van der Waals surface area contributed by atoms with E-state index in [4.69, 9.17) is 4.74 Å². The van der Waals surface area contributed by atoms with Gasteiger partial charge in [-0.2, -0.15) is 0 Å². The van der Waals surface area contributed by atoms with Crippen molar-refractivity contribution in [2.24, 2.45) is 11.8 Å². The molecule has 2 atom stereocenters. The number of carbonyl (C=O) groups excluding carboxylic acids is 1. The van der Waals surface area contributed by atoms with Crippen LogP contribution in [0.5, 0.6) is 0 Å². The highest BCUT2D eigenvalue weighted by Crippen LogP contribution is 2.15. The third kappa shape index (κ3) is 1.57. The van der Waals surface area contributed by atoms with Gasteiger partial charge in [0.25, 0.3) is 0 Å². The Bertz CT molecular complexity index is 117. The Morgan fingerprint density at radius 2 is 2.10 bits per heavy atom. The van der Waals surface area contributed by atoms with E-state index in [1.165, 1.54) is 0 Å². The number of hydrogen-bond acceptors (Lipinski definition) is 2. The lowest BCUT2D eigenvalue weighted by Gasteiger charge is -2.07. The van der Waals surface area contributed by atoms with Crippen molar-refractivity contribution in [1.82, 2.24) is 0 Å². The Balaban J connectivity index is 2.55. The molecule has 0 aromatic carbocycles. The van der Waals surface area contributed by atoms with Crippen LogP contribution in [0.15, 0.2) is 0 Å². The van der Waals surface area contributed by atoms with Crippen LogP contribution in [0.4, 0.5) is 0 Å². The van der Waals surface area contributed by atoms with E-state index < -0.39 is 0 Å². The Labute approximate surface area is 61.6 Å². The summed E-state index contributed by atoms with van der Waals surface area (Å²) in [5, 5.41) is 0. The molecule has 0 saturated carbocycles. The van der Waals surface area contributed by atoms with Crippen molar-refractivity contribution in [3.63, 3.8) is 0 Å². The number of Topliss-reactive ketones (excluding diaryl/α,β-unsaturated/α-hetero) is 1. The summed E-state index contributed by atoms with van der Waals surface area (Å²) >= 11 is 0. The van der Waals surface area contributed by atoms with Gasteiger partial charge in [-0.15, -0.1) is 0 Å². The van der Waals surface area contributed by atoms with Crippen LogP contribution < -0.4 is 0 Å². The molecule has 1 fully saturated rings. The zero-order chi connectivity index (χ0) is 7.56. The Morgan fingerprint density at radius 3 is 2.80 bits per heavy atom. The summed E-state index contributed by atoms with van der Waals surface area (Å²) in [5.41, 5.74) is 0. The lowest BCUT2D eigenvalue weighted by molar-refractivity contribution is -0.125. The van der Waals surface area contributed by atoms with Gasteiger partial charge >= 0.3 is 0 Å². The molecule has 0 radical (unpaired) electrons. The first kappa shape index (κ1) is 7.73. The molecule has 2 heteroatoms. The van der Waals surface area contributed by atoms with Crippen molar-refractivity contribution in [2.45, 2.75) is 20.3 Å². The maximum Gasteiger partial charge on any atom is 0.140 e. The average Bonchev–Trinajstić information content (AvgIpc) is 2.04. The number of ketones is 1. The molecule has 2 nitrogen and oxygen atoms in total. The van der Waals surface area contributed by atoms with Crippen molar-refractivity contribution in [3.8, 4) is 0 Å².